The van der Waals surface area contributed by atoms with Gasteiger partial charge in [0.1, 0.15) is 12.4 Å². The second kappa shape index (κ2) is 11.2. The molecule has 3 aromatic carbocycles. The Morgan fingerprint density at radius 3 is 2.54 bits per heavy atom. The molecule has 1 aliphatic heterocycles. The summed E-state index contributed by atoms with van der Waals surface area (Å²) in [4.78, 5) is 26.6. The van der Waals surface area contributed by atoms with Crippen molar-refractivity contribution in [2.45, 2.75) is 13.2 Å². The molecule has 1 aliphatic rings. The van der Waals surface area contributed by atoms with Crippen LogP contribution in [0.25, 0.3) is 6.08 Å². The van der Waals surface area contributed by atoms with E-state index < -0.39 is 17.0 Å². The zero-order valence-electron chi connectivity index (χ0n) is 18.2. The fourth-order valence-electron chi connectivity index (χ4n) is 3.36. The van der Waals surface area contributed by atoms with Crippen LogP contribution in [0.5, 0.6) is 11.5 Å². The Hall–Kier alpha value is -2.27. The first-order chi connectivity index (χ1) is 16.8. The highest BCUT2D eigenvalue weighted by Gasteiger charge is 2.36. The summed E-state index contributed by atoms with van der Waals surface area (Å²) >= 11 is 15.2. The number of benzene rings is 3. The molecule has 0 atom stereocenters. The van der Waals surface area contributed by atoms with Crippen LogP contribution >= 0.6 is 57.6 Å². The molecule has 1 fully saturated rings. The molecule has 0 spiro atoms. The van der Waals surface area contributed by atoms with Crippen molar-refractivity contribution >= 4 is 74.8 Å². The maximum absolute atomic E-state index is 14.2. The molecule has 5 nitrogen and oxygen atoms in total. The highest BCUT2D eigenvalue weighted by Crippen LogP contribution is 2.38. The van der Waals surface area contributed by atoms with Crippen molar-refractivity contribution in [3.8, 4) is 11.5 Å². The lowest BCUT2D eigenvalue weighted by Crippen LogP contribution is -2.28. The fourth-order valence-corrected chi connectivity index (χ4v) is 5.39. The van der Waals surface area contributed by atoms with E-state index in [1.54, 1.807) is 18.2 Å². The van der Waals surface area contributed by atoms with E-state index in [4.69, 9.17) is 32.7 Å². The van der Waals surface area contributed by atoms with Gasteiger partial charge in [0.2, 0.25) is 0 Å². The summed E-state index contributed by atoms with van der Waals surface area (Å²) in [5.74, 6) is -0.0976. The highest BCUT2D eigenvalue weighted by molar-refractivity contribution is 14.1. The molecule has 2 amide bonds. The van der Waals surface area contributed by atoms with Gasteiger partial charge in [0, 0.05) is 21.2 Å². The predicted octanol–water partition coefficient (Wildman–Crippen LogP) is 7.56. The number of imide groups is 1. The molecule has 0 aliphatic carbocycles. The molecule has 180 valence electrons. The third kappa shape index (κ3) is 5.77. The van der Waals surface area contributed by atoms with Crippen LogP contribution in [0.4, 0.5) is 9.18 Å². The van der Waals surface area contributed by atoms with E-state index in [0.29, 0.717) is 22.1 Å². The summed E-state index contributed by atoms with van der Waals surface area (Å²) in [6.07, 6.45) is 1.59. The van der Waals surface area contributed by atoms with Gasteiger partial charge in [-0.2, -0.15) is 0 Å². The van der Waals surface area contributed by atoms with E-state index >= 15 is 0 Å². The average Bonchev–Trinajstić information content (AvgIpc) is 3.08. The van der Waals surface area contributed by atoms with Gasteiger partial charge in [-0.25, -0.2) is 4.39 Å². The lowest BCUT2D eigenvalue weighted by Gasteiger charge is -2.15. The number of hydrogen-bond acceptors (Lipinski definition) is 5. The minimum atomic E-state index is -0.577. The van der Waals surface area contributed by atoms with Gasteiger partial charge in [-0.05, 0) is 76.3 Å². The number of hydrogen-bond donors (Lipinski definition) is 0. The molecule has 4 rings (SSSR count). The van der Waals surface area contributed by atoms with Crippen LogP contribution in [0.15, 0.2) is 59.5 Å². The van der Waals surface area contributed by atoms with Gasteiger partial charge in [0.25, 0.3) is 11.1 Å². The molecule has 1 heterocycles. The number of rotatable bonds is 7. The van der Waals surface area contributed by atoms with Crippen LogP contribution in [-0.4, -0.2) is 23.2 Å². The Kier molecular flexibility index (Phi) is 8.26. The van der Waals surface area contributed by atoms with Crippen molar-refractivity contribution in [2.75, 3.05) is 7.11 Å². The van der Waals surface area contributed by atoms with Crippen LogP contribution in [0, 0.1) is 9.39 Å². The summed E-state index contributed by atoms with van der Waals surface area (Å²) in [6.45, 7) is 0.00602. The summed E-state index contributed by atoms with van der Waals surface area (Å²) in [6, 6.07) is 15.1. The zero-order chi connectivity index (χ0) is 25.1. The molecule has 0 N–H and O–H groups in total. The highest BCUT2D eigenvalue weighted by atomic mass is 127. The number of amides is 2. The van der Waals surface area contributed by atoms with Crippen molar-refractivity contribution in [2.24, 2.45) is 0 Å². The average molecular weight is 644 g/mol. The normalized spacial score (nSPS) is 14.7. The van der Waals surface area contributed by atoms with E-state index in [-0.39, 0.29) is 28.6 Å². The van der Waals surface area contributed by atoms with E-state index in [9.17, 15) is 14.0 Å². The van der Waals surface area contributed by atoms with Crippen LogP contribution in [-0.2, 0) is 17.9 Å². The quantitative estimate of drug-likeness (QED) is 0.196. The maximum Gasteiger partial charge on any atom is 0.293 e. The van der Waals surface area contributed by atoms with Gasteiger partial charge in [-0.3, -0.25) is 14.5 Å². The van der Waals surface area contributed by atoms with Crippen molar-refractivity contribution in [3.63, 3.8) is 0 Å². The van der Waals surface area contributed by atoms with E-state index in [0.717, 1.165) is 25.8 Å². The summed E-state index contributed by atoms with van der Waals surface area (Å²) < 4.78 is 26.4. The van der Waals surface area contributed by atoms with Gasteiger partial charge in [0.15, 0.2) is 11.5 Å². The number of carbonyl (C=O) groups excluding carboxylic acids is 2. The van der Waals surface area contributed by atoms with Crippen LogP contribution in [0.1, 0.15) is 16.7 Å². The smallest absolute Gasteiger partial charge is 0.293 e. The van der Waals surface area contributed by atoms with Gasteiger partial charge in [0.05, 0.1) is 22.1 Å². The topological polar surface area (TPSA) is 55.8 Å². The Labute approximate surface area is 229 Å². The molecule has 3 aromatic rings. The van der Waals surface area contributed by atoms with Gasteiger partial charge in [-0.15, -0.1) is 0 Å². The molecular formula is C25H17Cl2FINO4S. The molecule has 0 unspecified atom stereocenters. The van der Waals surface area contributed by atoms with Gasteiger partial charge in [-0.1, -0.05) is 47.5 Å². The third-order valence-corrected chi connectivity index (χ3v) is 7.56. The standard InChI is InChI=1S/C25H17Cl2FINO4S/c1-33-21-10-14(9-20(29)23(21)34-13-15-5-2-3-6-17(15)26)11-22-24(31)30(25(32)35-22)12-16-18(27)7-4-8-19(16)28/h2-11H,12-13H2,1H3/b22-11-. The summed E-state index contributed by atoms with van der Waals surface area (Å²) in [5, 5.41) is 0.257. The molecule has 10 heteroatoms. The summed E-state index contributed by atoms with van der Waals surface area (Å²) in [7, 11) is 1.52. The Balaban J connectivity index is 1.56. The maximum atomic E-state index is 14.2. The largest absolute Gasteiger partial charge is 0.493 e. The van der Waals surface area contributed by atoms with E-state index in [1.807, 2.05) is 24.3 Å². The lowest BCUT2D eigenvalue weighted by atomic mass is 10.1. The number of halogens is 4. The van der Waals surface area contributed by atoms with Gasteiger partial charge < -0.3 is 9.47 Å². The third-order valence-electron chi connectivity index (χ3n) is 5.13. The first-order valence-electron chi connectivity index (χ1n) is 10.2. The van der Waals surface area contributed by atoms with Gasteiger partial charge >= 0.3 is 0 Å². The SMILES string of the molecule is COc1cc(/C=C2\SC(=O)N(Cc3c(F)cccc3Cl)C2=O)cc(I)c1OCc1ccccc1Cl. The summed E-state index contributed by atoms with van der Waals surface area (Å²) in [5.41, 5.74) is 1.57. The van der Waals surface area contributed by atoms with Crippen molar-refractivity contribution in [1.82, 2.24) is 4.90 Å². The lowest BCUT2D eigenvalue weighted by molar-refractivity contribution is -0.123. The van der Waals surface area contributed by atoms with Crippen molar-refractivity contribution in [1.29, 1.82) is 0 Å². The van der Waals surface area contributed by atoms with Crippen molar-refractivity contribution < 1.29 is 23.5 Å². The Morgan fingerprint density at radius 1 is 1.09 bits per heavy atom. The first-order valence-corrected chi connectivity index (χ1v) is 12.9. The predicted molar refractivity (Wildman–Crippen MR) is 144 cm³/mol. The molecule has 0 saturated carbocycles. The number of carbonyl (C=O) groups is 2. The fraction of sp³-hybridized carbons (Fsp3) is 0.120. The molecule has 0 bridgehead atoms. The number of methoxy groups -OCH3 is 1. The van der Waals surface area contributed by atoms with Crippen LogP contribution in [0.3, 0.4) is 0 Å². The Morgan fingerprint density at radius 2 is 1.83 bits per heavy atom. The molecular weight excluding hydrogens is 627 g/mol. The number of ether oxygens (including phenoxy) is 2. The molecule has 0 aromatic heterocycles. The molecule has 35 heavy (non-hydrogen) atoms. The molecule has 0 radical (unpaired) electrons. The number of thioether (sulfide) groups is 1. The van der Waals surface area contributed by atoms with Crippen molar-refractivity contribution in [3.05, 3.63) is 95.6 Å². The minimum absolute atomic E-state index is 0.0916. The Bertz CT molecular complexity index is 1330. The monoisotopic (exact) mass is 643 g/mol. The van der Waals surface area contributed by atoms with E-state index in [1.165, 1.54) is 25.3 Å². The van der Waals surface area contributed by atoms with E-state index in [2.05, 4.69) is 22.6 Å². The number of nitrogens with zero attached hydrogens (tertiary/aromatic N) is 1. The first kappa shape index (κ1) is 25.8. The zero-order valence-corrected chi connectivity index (χ0v) is 22.7. The second-order valence-corrected chi connectivity index (χ2v) is 10.4. The molecule has 1 saturated heterocycles. The minimum Gasteiger partial charge on any atom is -0.493 e. The van der Waals surface area contributed by atoms with Crippen LogP contribution < -0.4 is 9.47 Å². The van der Waals surface area contributed by atoms with Crippen LogP contribution in [0.2, 0.25) is 10.0 Å². The second-order valence-electron chi connectivity index (χ2n) is 7.38.